The average Bonchev–Trinajstić information content (AvgIpc) is 2.50. The quantitative estimate of drug-likeness (QED) is 0.735. The minimum Gasteiger partial charge on any atom is -0.317 e. The third-order valence-electron chi connectivity index (χ3n) is 3.60. The Kier molecular flexibility index (Phi) is 4.21. The number of nitrogens with one attached hydrogen (secondary N) is 2. The molecule has 2 fully saturated rings. The third kappa shape index (κ3) is 3.71. The molecule has 2 heterocycles. The Labute approximate surface area is 98.1 Å². The number of hydrogen-bond donors (Lipinski definition) is 2. The summed E-state index contributed by atoms with van der Waals surface area (Å²) in [5.74, 6) is 0.741. The molecule has 2 aliphatic rings. The highest BCUT2D eigenvalue weighted by atomic mass is 32.2. The zero-order chi connectivity index (χ0) is 11.4. The van der Waals surface area contributed by atoms with Crippen molar-refractivity contribution in [1.29, 1.82) is 0 Å². The highest BCUT2D eigenvalue weighted by Gasteiger charge is 2.25. The van der Waals surface area contributed by atoms with E-state index in [1.165, 1.54) is 19.3 Å². The lowest BCUT2D eigenvalue weighted by atomic mass is 10.1. The van der Waals surface area contributed by atoms with Crippen molar-refractivity contribution in [2.24, 2.45) is 0 Å². The molecule has 2 aliphatic heterocycles. The smallest absolute Gasteiger partial charge is 0.150 e. The van der Waals surface area contributed by atoms with Gasteiger partial charge in [-0.1, -0.05) is 0 Å². The van der Waals surface area contributed by atoms with Gasteiger partial charge in [-0.25, -0.2) is 8.42 Å². The number of rotatable bonds is 2. The molecule has 5 heteroatoms. The third-order valence-corrected chi connectivity index (χ3v) is 5.32. The van der Waals surface area contributed by atoms with Gasteiger partial charge in [0.25, 0.3) is 0 Å². The second kappa shape index (κ2) is 5.47. The fourth-order valence-corrected chi connectivity index (χ4v) is 4.07. The van der Waals surface area contributed by atoms with E-state index < -0.39 is 9.84 Å². The van der Waals surface area contributed by atoms with Crippen LogP contribution in [0.3, 0.4) is 0 Å². The number of hydrogen-bond acceptors (Lipinski definition) is 4. The van der Waals surface area contributed by atoms with E-state index in [1.54, 1.807) is 0 Å². The summed E-state index contributed by atoms with van der Waals surface area (Å²) in [5.41, 5.74) is 0. The Morgan fingerprint density at radius 3 is 2.38 bits per heavy atom. The van der Waals surface area contributed by atoms with Gasteiger partial charge in [-0.05, 0) is 45.2 Å². The van der Waals surface area contributed by atoms with E-state index in [4.69, 9.17) is 0 Å². The minimum absolute atomic E-state index is 0.371. The summed E-state index contributed by atoms with van der Waals surface area (Å²) in [6, 6.07) is 1.01. The highest BCUT2D eigenvalue weighted by Crippen LogP contribution is 2.15. The van der Waals surface area contributed by atoms with Crippen molar-refractivity contribution >= 4 is 9.84 Å². The topological polar surface area (TPSA) is 58.2 Å². The van der Waals surface area contributed by atoms with E-state index in [-0.39, 0.29) is 0 Å². The van der Waals surface area contributed by atoms with Gasteiger partial charge in [0.15, 0.2) is 0 Å². The van der Waals surface area contributed by atoms with Crippen molar-refractivity contribution < 1.29 is 8.42 Å². The summed E-state index contributed by atoms with van der Waals surface area (Å²) < 4.78 is 22.6. The first-order chi connectivity index (χ1) is 7.66. The lowest BCUT2D eigenvalue weighted by Crippen LogP contribution is -2.43. The molecular weight excluding hydrogens is 224 g/mol. The van der Waals surface area contributed by atoms with E-state index in [9.17, 15) is 8.42 Å². The molecule has 2 rings (SSSR count). The zero-order valence-corrected chi connectivity index (χ0v) is 10.6. The lowest BCUT2D eigenvalue weighted by Gasteiger charge is -2.27. The van der Waals surface area contributed by atoms with E-state index in [1.807, 2.05) is 0 Å². The molecule has 0 aromatic rings. The Balaban J connectivity index is 1.77. The summed E-state index contributed by atoms with van der Waals surface area (Å²) in [6.45, 7) is 2.21. The first-order valence-corrected chi connectivity index (χ1v) is 8.15. The molecule has 0 aliphatic carbocycles. The molecule has 1 unspecified atom stereocenters. The number of sulfone groups is 1. The van der Waals surface area contributed by atoms with Crippen LogP contribution in [-0.2, 0) is 9.84 Å². The van der Waals surface area contributed by atoms with Crippen LogP contribution in [0.15, 0.2) is 0 Å². The van der Waals surface area contributed by atoms with Crippen molar-refractivity contribution in [2.45, 2.75) is 44.2 Å². The van der Waals surface area contributed by atoms with Crippen LogP contribution in [0, 0.1) is 0 Å². The van der Waals surface area contributed by atoms with Crippen LogP contribution in [0.25, 0.3) is 0 Å². The average molecular weight is 246 g/mol. The SMILES string of the molecule is O=S1(=O)CCC(NC2CCCNCC2)CC1. The van der Waals surface area contributed by atoms with Gasteiger partial charge in [-0.2, -0.15) is 0 Å². The van der Waals surface area contributed by atoms with Crippen molar-refractivity contribution in [3.63, 3.8) is 0 Å². The molecule has 0 bridgehead atoms. The Morgan fingerprint density at radius 2 is 1.62 bits per heavy atom. The largest absolute Gasteiger partial charge is 0.317 e. The van der Waals surface area contributed by atoms with Gasteiger partial charge in [-0.3, -0.25) is 0 Å². The van der Waals surface area contributed by atoms with Crippen LogP contribution < -0.4 is 10.6 Å². The summed E-state index contributed by atoms with van der Waals surface area (Å²) in [5, 5.41) is 7.02. The molecule has 0 radical (unpaired) electrons. The van der Waals surface area contributed by atoms with Gasteiger partial charge >= 0.3 is 0 Å². The highest BCUT2D eigenvalue weighted by molar-refractivity contribution is 7.91. The van der Waals surface area contributed by atoms with E-state index in [0.29, 0.717) is 23.6 Å². The Bertz CT molecular complexity index is 294. The Morgan fingerprint density at radius 1 is 0.938 bits per heavy atom. The molecule has 2 N–H and O–H groups in total. The molecule has 0 aromatic heterocycles. The van der Waals surface area contributed by atoms with Crippen LogP contribution in [-0.4, -0.2) is 45.1 Å². The molecule has 16 heavy (non-hydrogen) atoms. The van der Waals surface area contributed by atoms with Crippen molar-refractivity contribution in [2.75, 3.05) is 24.6 Å². The van der Waals surface area contributed by atoms with Gasteiger partial charge in [0.05, 0.1) is 11.5 Å². The van der Waals surface area contributed by atoms with Crippen LogP contribution >= 0.6 is 0 Å². The Hall–Kier alpha value is -0.130. The van der Waals surface area contributed by atoms with E-state index >= 15 is 0 Å². The molecular formula is C11H22N2O2S. The minimum atomic E-state index is -2.72. The lowest BCUT2D eigenvalue weighted by molar-refractivity contribution is 0.376. The zero-order valence-electron chi connectivity index (χ0n) is 9.74. The van der Waals surface area contributed by atoms with Gasteiger partial charge < -0.3 is 10.6 Å². The van der Waals surface area contributed by atoms with Gasteiger partial charge in [0, 0.05) is 12.1 Å². The predicted octanol–water partition coefficient (Wildman–Crippen LogP) is 0.295. The molecule has 4 nitrogen and oxygen atoms in total. The second-order valence-corrected chi connectivity index (χ2v) is 7.27. The van der Waals surface area contributed by atoms with Crippen molar-refractivity contribution in [3.8, 4) is 0 Å². The maximum Gasteiger partial charge on any atom is 0.150 e. The maximum absolute atomic E-state index is 11.3. The van der Waals surface area contributed by atoms with Crippen LogP contribution in [0.4, 0.5) is 0 Å². The summed E-state index contributed by atoms with van der Waals surface area (Å²) in [4.78, 5) is 0. The molecule has 0 amide bonds. The van der Waals surface area contributed by atoms with Crippen molar-refractivity contribution in [1.82, 2.24) is 10.6 Å². The standard InChI is InChI=1S/C11H22N2O2S/c14-16(15)8-4-11(5-9-16)13-10-2-1-6-12-7-3-10/h10-13H,1-9H2. The fourth-order valence-electron chi connectivity index (χ4n) is 2.58. The molecule has 0 saturated carbocycles. The van der Waals surface area contributed by atoms with Gasteiger partial charge in [-0.15, -0.1) is 0 Å². The first-order valence-electron chi connectivity index (χ1n) is 6.33. The summed E-state index contributed by atoms with van der Waals surface area (Å²) in [6.07, 6.45) is 5.21. The molecule has 2 saturated heterocycles. The van der Waals surface area contributed by atoms with E-state index in [2.05, 4.69) is 10.6 Å². The second-order valence-electron chi connectivity index (χ2n) is 4.97. The molecule has 0 spiro atoms. The maximum atomic E-state index is 11.3. The summed E-state index contributed by atoms with van der Waals surface area (Å²) >= 11 is 0. The van der Waals surface area contributed by atoms with Gasteiger partial charge in [0.2, 0.25) is 0 Å². The first kappa shape index (κ1) is 12.3. The van der Waals surface area contributed by atoms with Gasteiger partial charge in [0.1, 0.15) is 9.84 Å². The predicted molar refractivity (Wildman–Crippen MR) is 65.3 cm³/mol. The van der Waals surface area contributed by atoms with Crippen LogP contribution in [0.2, 0.25) is 0 Å². The normalized spacial score (nSPS) is 32.1. The monoisotopic (exact) mass is 246 g/mol. The summed E-state index contributed by atoms with van der Waals surface area (Å²) in [7, 11) is -2.72. The molecule has 94 valence electrons. The molecule has 0 aromatic carbocycles. The van der Waals surface area contributed by atoms with Crippen LogP contribution in [0.5, 0.6) is 0 Å². The van der Waals surface area contributed by atoms with E-state index in [0.717, 1.165) is 25.9 Å². The molecule has 1 atom stereocenters. The van der Waals surface area contributed by atoms with Crippen molar-refractivity contribution in [3.05, 3.63) is 0 Å². The van der Waals surface area contributed by atoms with Crippen LogP contribution in [0.1, 0.15) is 32.1 Å². The fraction of sp³-hybridized carbons (Fsp3) is 1.00.